The number of rotatable bonds is 5. The Labute approximate surface area is 115 Å². The van der Waals surface area contributed by atoms with Gasteiger partial charge in [-0.2, -0.15) is 5.10 Å². The Morgan fingerprint density at radius 3 is 2.90 bits per heavy atom. The fourth-order valence-corrected chi connectivity index (χ4v) is 1.63. The number of carbonyl (C=O) groups is 2. The molecular weight excluding hydrogens is 258 g/mol. The summed E-state index contributed by atoms with van der Waals surface area (Å²) in [5.41, 5.74) is 1.30. The molecule has 0 aliphatic rings. The van der Waals surface area contributed by atoms with Crippen LogP contribution in [0.5, 0.6) is 0 Å². The fourth-order valence-electron chi connectivity index (χ4n) is 1.63. The van der Waals surface area contributed by atoms with Gasteiger partial charge in [-0.3, -0.25) is 9.48 Å². The van der Waals surface area contributed by atoms with Crippen LogP contribution in [0.4, 0.5) is 5.69 Å². The number of hydrogen-bond acceptors (Lipinski definition) is 3. The van der Waals surface area contributed by atoms with Crippen LogP contribution in [0.15, 0.2) is 48.8 Å². The van der Waals surface area contributed by atoms with Crippen LogP contribution in [-0.2, 0) is 16.1 Å². The van der Waals surface area contributed by atoms with E-state index in [0.29, 0.717) is 11.3 Å². The Hall–Kier alpha value is -2.89. The number of hydrogen-bond donors (Lipinski definition) is 2. The third-order valence-electron chi connectivity index (χ3n) is 2.45. The maximum absolute atomic E-state index is 11.8. The summed E-state index contributed by atoms with van der Waals surface area (Å²) < 4.78 is 1.52. The second-order valence-corrected chi connectivity index (χ2v) is 4.05. The molecule has 1 aromatic carbocycles. The average molecular weight is 271 g/mol. The van der Waals surface area contributed by atoms with Crippen molar-refractivity contribution in [2.45, 2.75) is 6.54 Å². The van der Waals surface area contributed by atoms with Crippen LogP contribution >= 0.6 is 0 Å². The summed E-state index contributed by atoms with van der Waals surface area (Å²) >= 11 is 0. The lowest BCUT2D eigenvalue weighted by Gasteiger charge is -2.06. The predicted octanol–water partition coefficient (Wildman–Crippen LogP) is 1.62. The molecule has 1 amide bonds. The van der Waals surface area contributed by atoms with E-state index in [1.165, 1.54) is 10.8 Å². The Kier molecular flexibility index (Phi) is 4.28. The topological polar surface area (TPSA) is 84.2 Å². The molecule has 1 aromatic heterocycles. The zero-order valence-electron chi connectivity index (χ0n) is 10.6. The number of carboxylic acids is 1. The van der Waals surface area contributed by atoms with E-state index in [1.54, 1.807) is 42.7 Å². The third-order valence-corrected chi connectivity index (χ3v) is 2.45. The quantitative estimate of drug-likeness (QED) is 0.809. The highest BCUT2D eigenvalue weighted by Crippen LogP contribution is 2.12. The van der Waals surface area contributed by atoms with Crippen molar-refractivity contribution < 1.29 is 14.7 Å². The van der Waals surface area contributed by atoms with E-state index in [9.17, 15) is 9.59 Å². The normalized spacial score (nSPS) is 10.6. The second-order valence-electron chi connectivity index (χ2n) is 4.05. The van der Waals surface area contributed by atoms with Crippen molar-refractivity contribution in [2.75, 3.05) is 5.32 Å². The van der Waals surface area contributed by atoms with E-state index in [2.05, 4.69) is 10.4 Å². The van der Waals surface area contributed by atoms with Crippen molar-refractivity contribution >= 4 is 23.6 Å². The van der Waals surface area contributed by atoms with Gasteiger partial charge >= 0.3 is 5.97 Å². The van der Waals surface area contributed by atoms with Crippen LogP contribution in [-0.4, -0.2) is 26.8 Å². The summed E-state index contributed by atoms with van der Waals surface area (Å²) in [4.78, 5) is 22.2. The van der Waals surface area contributed by atoms with Crippen LogP contribution in [0, 0.1) is 0 Å². The molecule has 0 saturated carbocycles. The van der Waals surface area contributed by atoms with Gasteiger partial charge in [-0.25, -0.2) is 4.79 Å². The molecule has 6 heteroatoms. The second kappa shape index (κ2) is 6.33. The summed E-state index contributed by atoms with van der Waals surface area (Å²) in [6.07, 6.45) is 5.81. The standard InChI is InChI=1S/C14H13N3O3/c18-13(10-17-8-2-7-15-17)16-12-4-1-3-11(9-12)5-6-14(19)20/h1-9H,10H2,(H,16,18)(H,19,20). The molecule has 1 heterocycles. The molecule has 102 valence electrons. The lowest BCUT2D eigenvalue weighted by atomic mass is 10.2. The van der Waals surface area contributed by atoms with E-state index in [4.69, 9.17) is 5.11 Å². The molecule has 2 N–H and O–H groups in total. The summed E-state index contributed by atoms with van der Waals surface area (Å²) in [5, 5.41) is 15.2. The van der Waals surface area contributed by atoms with Crippen LogP contribution in [0.1, 0.15) is 5.56 Å². The molecule has 0 spiro atoms. The zero-order chi connectivity index (χ0) is 14.4. The number of nitrogens with one attached hydrogen (secondary N) is 1. The van der Waals surface area contributed by atoms with Crippen LogP contribution in [0.25, 0.3) is 6.08 Å². The maximum atomic E-state index is 11.8. The highest BCUT2D eigenvalue weighted by Gasteiger charge is 2.03. The first-order chi connectivity index (χ1) is 9.63. The van der Waals surface area contributed by atoms with E-state index in [-0.39, 0.29) is 12.5 Å². The number of aromatic nitrogens is 2. The van der Waals surface area contributed by atoms with Crippen LogP contribution in [0.2, 0.25) is 0 Å². The van der Waals surface area contributed by atoms with Crippen molar-refractivity contribution in [3.05, 3.63) is 54.4 Å². The number of carbonyl (C=O) groups excluding carboxylic acids is 1. The maximum Gasteiger partial charge on any atom is 0.328 e. The molecule has 2 aromatic rings. The van der Waals surface area contributed by atoms with E-state index >= 15 is 0 Å². The highest BCUT2D eigenvalue weighted by molar-refractivity contribution is 5.91. The summed E-state index contributed by atoms with van der Waals surface area (Å²) in [6.45, 7) is 0.127. The first-order valence-electron chi connectivity index (χ1n) is 5.92. The average Bonchev–Trinajstić information content (AvgIpc) is 2.89. The minimum Gasteiger partial charge on any atom is -0.478 e. The van der Waals surface area contributed by atoms with Crippen molar-refractivity contribution in [2.24, 2.45) is 0 Å². The van der Waals surface area contributed by atoms with Gasteiger partial charge in [-0.05, 0) is 29.8 Å². The largest absolute Gasteiger partial charge is 0.478 e. The number of anilines is 1. The van der Waals surface area contributed by atoms with E-state index < -0.39 is 5.97 Å². The molecule has 0 fully saturated rings. The van der Waals surface area contributed by atoms with Crippen molar-refractivity contribution in [3.63, 3.8) is 0 Å². The smallest absolute Gasteiger partial charge is 0.328 e. The monoisotopic (exact) mass is 271 g/mol. The predicted molar refractivity (Wildman–Crippen MR) is 74.0 cm³/mol. The number of amides is 1. The summed E-state index contributed by atoms with van der Waals surface area (Å²) in [6, 6.07) is 8.66. The number of aliphatic carboxylic acids is 1. The van der Waals surface area contributed by atoms with Gasteiger partial charge in [-0.1, -0.05) is 12.1 Å². The van der Waals surface area contributed by atoms with Crippen molar-refractivity contribution in [1.29, 1.82) is 0 Å². The first-order valence-corrected chi connectivity index (χ1v) is 5.92. The molecule has 0 unspecified atom stereocenters. The Morgan fingerprint density at radius 1 is 1.35 bits per heavy atom. The molecule has 0 aliphatic heterocycles. The van der Waals surface area contributed by atoms with Crippen LogP contribution in [0.3, 0.4) is 0 Å². The number of nitrogens with zero attached hydrogens (tertiary/aromatic N) is 2. The van der Waals surface area contributed by atoms with Gasteiger partial charge in [-0.15, -0.1) is 0 Å². The molecule has 6 nitrogen and oxygen atoms in total. The molecular formula is C14H13N3O3. The van der Waals surface area contributed by atoms with Gasteiger partial charge in [0.1, 0.15) is 6.54 Å². The molecule has 0 atom stereocenters. The van der Waals surface area contributed by atoms with E-state index in [1.807, 2.05) is 0 Å². The van der Waals surface area contributed by atoms with Crippen LogP contribution < -0.4 is 5.32 Å². The number of benzene rings is 1. The first kappa shape index (κ1) is 13.5. The third kappa shape index (κ3) is 4.09. The van der Waals surface area contributed by atoms with Gasteiger partial charge in [0.2, 0.25) is 5.91 Å². The summed E-state index contributed by atoms with van der Waals surface area (Å²) in [7, 11) is 0. The van der Waals surface area contributed by atoms with E-state index in [0.717, 1.165) is 6.08 Å². The van der Waals surface area contributed by atoms with Gasteiger partial charge in [0, 0.05) is 24.2 Å². The molecule has 0 radical (unpaired) electrons. The SMILES string of the molecule is O=C(O)C=Cc1cccc(NC(=O)Cn2cccn2)c1. The van der Waals surface area contributed by atoms with Gasteiger partial charge < -0.3 is 10.4 Å². The van der Waals surface area contributed by atoms with Crippen molar-refractivity contribution in [1.82, 2.24) is 9.78 Å². The lowest BCUT2D eigenvalue weighted by Crippen LogP contribution is -2.18. The minimum absolute atomic E-state index is 0.127. The fraction of sp³-hybridized carbons (Fsp3) is 0.0714. The molecule has 20 heavy (non-hydrogen) atoms. The lowest BCUT2D eigenvalue weighted by molar-refractivity contribution is -0.131. The Balaban J connectivity index is 2.00. The zero-order valence-corrected chi connectivity index (χ0v) is 10.6. The summed E-state index contributed by atoms with van der Waals surface area (Å²) in [5.74, 6) is -1.22. The van der Waals surface area contributed by atoms with Gasteiger partial charge in [0.15, 0.2) is 0 Å². The Morgan fingerprint density at radius 2 is 2.20 bits per heavy atom. The molecule has 2 rings (SSSR count). The van der Waals surface area contributed by atoms with Gasteiger partial charge in [0.05, 0.1) is 0 Å². The minimum atomic E-state index is -1.02. The molecule has 0 saturated heterocycles. The Bertz CT molecular complexity index is 633. The molecule has 0 aliphatic carbocycles. The van der Waals surface area contributed by atoms with Gasteiger partial charge in [0.25, 0.3) is 0 Å². The molecule has 0 bridgehead atoms. The highest BCUT2D eigenvalue weighted by atomic mass is 16.4. The van der Waals surface area contributed by atoms with Crippen molar-refractivity contribution in [3.8, 4) is 0 Å². The number of carboxylic acid groups (broad SMARTS) is 1.